The SMILES string of the molecule is O=C(NCc1cc2cc(Cl)c(OCc3cscn3)cc2[nH]1)C1CC1F. The Kier molecular flexibility index (Phi) is 4.35. The van der Waals surface area contributed by atoms with Gasteiger partial charge in [0.2, 0.25) is 5.91 Å². The van der Waals surface area contributed by atoms with Gasteiger partial charge in [0, 0.05) is 28.0 Å². The van der Waals surface area contributed by atoms with Crippen molar-refractivity contribution < 1.29 is 13.9 Å². The zero-order valence-electron chi connectivity index (χ0n) is 13.1. The minimum Gasteiger partial charge on any atom is -0.486 e. The Morgan fingerprint density at radius 2 is 2.32 bits per heavy atom. The van der Waals surface area contributed by atoms with Gasteiger partial charge < -0.3 is 15.0 Å². The third kappa shape index (κ3) is 3.62. The molecule has 0 bridgehead atoms. The largest absolute Gasteiger partial charge is 0.486 e. The van der Waals surface area contributed by atoms with Crippen LogP contribution in [0.5, 0.6) is 5.75 Å². The highest BCUT2D eigenvalue weighted by Crippen LogP contribution is 2.34. The number of hydrogen-bond donors (Lipinski definition) is 2. The summed E-state index contributed by atoms with van der Waals surface area (Å²) in [5, 5.41) is 6.10. The van der Waals surface area contributed by atoms with Crippen molar-refractivity contribution in [1.29, 1.82) is 0 Å². The summed E-state index contributed by atoms with van der Waals surface area (Å²) in [6.45, 7) is 0.674. The van der Waals surface area contributed by atoms with Crippen LogP contribution in [-0.2, 0) is 17.9 Å². The Morgan fingerprint density at radius 3 is 3.04 bits per heavy atom. The number of rotatable bonds is 6. The molecule has 2 atom stereocenters. The van der Waals surface area contributed by atoms with E-state index in [9.17, 15) is 9.18 Å². The molecule has 5 nitrogen and oxygen atoms in total. The fourth-order valence-electron chi connectivity index (χ4n) is 2.61. The van der Waals surface area contributed by atoms with Crippen LogP contribution in [0.1, 0.15) is 17.8 Å². The molecule has 1 fully saturated rings. The lowest BCUT2D eigenvalue weighted by molar-refractivity contribution is -0.122. The van der Waals surface area contributed by atoms with Crippen molar-refractivity contribution in [3.63, 3.8) is 0 Å². The molecule has 1 saturated carbocycles. The number of benzene rings is 1. The number of H-pyrrole nitrogens is 1. The third-order valence-corrected chi connectivity index (χ3v) is 5.02. The van der Waals surface area contributed by atoms with Gasteiger partial charge in [0.05, 0.1) is 28.7 Å². The summed E-state index contributed by atoms with van der Waals surface area (Å²) in [7, 11) is 0. The van der Waals surface area contributed by atoms with Crippen LogP contribution in [0.4, 0.5) is 4.39 Å². The summed E-state index contributed by atoms with van der Waals surface area (Å²) in [5.74, 6) is -0.154. The van der Waals surface area contributed by atoms with E-state index in [1.807, 2.05) is 23.6 Å². The topological polar surface area (TPSA) is 67.0 Å². The van der Waals surface area contributed by atoms with E-state index in [2.05, 4.69) is 15.3 Å². The number of nitrogens with zero attached hydrogens (tertiary/aromatic N) is 1. The molecule has 4 rings (SSSR count). The maximum atomic E-state index is 12.9. The molecule has 0 spiro atoms. The monoisotopic (exact) mass is 379 g/mol. The first-order valence-corrected chi connectivity index (χ1v) is 9.15. The van der Waals surface area contributed by atoms with Crippen molar-refractivity contribution in [2.45, 2.75) is 25.7 Å². The van der Waals surface area contributed by atoms with Crippen LogP contribution in [-0.4, -0.2) is 22.0 Å². The minimum atomic E-state index is -0.987. The second-order valence-electron chi connectivity index (χ2n) is 6.01. The van der Waals surface area contributed by atoms with Crippen LogP contribution in [0.15, 0.2) is 29.1 Å². The summed E-state index contributed by atoms with van der Waals surface area (Å²) in [5.41, 5.74) is 4.29. The molecule has 2 N–H and O–H groups in total. The van der Waals surface area contributed by atoms with E-state index in [0.717, 1.165) is 22.3 Å². The minimum absolute atomic E-state index is 0.239. The number of carbonyl (C=O) groups excluding carboxylic acids is 1. The van der Waals surface area contributed by atoms with Gasteiger partial charge >= 0.3 is 0 Å². The fraction of sp³-hybridized carbons (Fsp3) is 0.294. The van der Waals surface area contributed by atoms with Crippen LogP contribution in [0.3, 0.4) is 0 Å². The van der Waals surface area contributed by atoms with Crippen molar-refractivity contribution in [3.05, 3.63) is 45.5 Å². The number of halogens is 2. The van der Waals surface area contributed by atoms with Gasteiger partial charge in [-0.2, -0.15) is 0 Å². The fourth-order valence-corrected chi connectivity index (χ4v) is 3.38. The van der Waals surface area contributed by atoms with E-state index in [1.165, 1.54) is 11.3 Å². The highest BCUT2D eigenvalue weighted by molar-refractivity contribution is 7.07. The number of alkyl halides is 1. The Balaban J connectivity index is 1.45. The van der Waals surface area contributed by atoms with E-state index >= 15 is 0 Å². The number of carbonyl (C=O) groups is 1. The van der Waals surface area contributed by atoms with E-state index < -0.39 is 12.1 Å². The van der Waals surface area contributed by atoms with Crippen LogP contribution in [0.25, 0.3) is 10.9 Å². The lowest BCUT2D eigenvalue weighted by atomic mass is 10.2. The summed E-state index contributed by atoms with van der Waals surface area (Å²) in [4.78, 5) is 19.1. The Labute approximate surface area is 152 Å². The Morgan fingerprint density at radius 1 is 1.48 bits per heavy atom. The number of ether oxygens (including phenoxy) is 1. The summed E-state index contributed by atoms with van der Waals surface area (Å²) < 4.78 is 18.6. The van der Waals surface area contributed by atoms with E-state index in [-0.39, 0.29) is 5.91 Å². The molecule has 1 aromatic carbocycles. The maximum Gasteiger partial charge on any atom is 0.226 e. The number of amides is 1. The molecule has 2 unspecified atom stereocenters. The Bertz CT molecular complexity index is 912. The lowest BCUT2D eigenvalue weighted by Crippen LogP contribution is -2.25. The summed E-state index contributed by atoms with van der Waals surface area (Å²) in [6.07, 6.45) is -0.660. The van der Waals surface area contributed by atoms with Crippen molar-refractivity contribution in [2.75, 3.05) is 0 Å². The van der Waals surface area contributed by atoms with Gasteiger partial charge in [0.25, 0.3) is 0 Å². The standard InChI is InChI=1S/C17H15ClFN3O2S/c18-13-2-9-1-10(5-20-17(23)12-3-14(12)19)22-15(9)4-16(13)24-6-11-7-25-8-21-11/h1-2,4,7-8,12,14,22H,3,5-6H2,(H,20,23). The van der Waals surface area contributed by atoms with Crippen molar-refractivity contribution in [3.8, 4) is 5.75 Å². The number of thiazole rings is 1. The molecule has 3 aromatic rings. The molecule has 0 saturated heterocycles. The normalized spacial score (nSPS) is 19.1. The molecule has 25 heavy (non-hydrogen) atoms. The van der Waals surface area contributed by atoms with Gasteiger partial charge in [-0.15, -0.1) is 11.3 Å². The molecule has 2 heterocycles. The van der Waals surface area contributed by atoms with Crippen LogP contribution < -0.4 is 10.1 Å². The Hall–Kier alpha value is -2.12. The molecule has 1 amide bonds. The zero-order valence-corrected chi connectivity index (χ0v) is 14.7. The van der Waals surface area contributed by atoms with Gasteiger partial charge in [0.15, 0.2) is 0 Å². The smallest absolute Gasteiger partial charge is 0.226 e. The maximum absolute atomic E-state index is 12.9. The average Bonchev–Trinajstić information content (AvgIpc) is 3.00. The number of hydrogen-bond acceptors (Lipinski definition) is 4. The van der Waals surface area contributed by atoms with Crippen LogP contribution >= 0.6 is 22.9 Å². The molecule has 8 heteroatoms. The second kappa shape index (κ2) is 6.65. The summed E-state index contributed by atoms with van der Waals surface area (Å²) in [6, 6.07) is 5.55. The zero-order chi connectivity index (χ0) is 17.4. The molecule has 0 radical (unpaired) electrons. The molecular weight excluding hydrogens is 365 g/mol. The third-order valence-electron chi connectivity index (χ3n) is 4.09. The van der Waals surface area contributed by atoms with Crippen LogP contribution in [0.2, 0.25) is 5.02 Å². The quantitative estimate of drug-likeness (QED) is 0.684. The van der Waals surface area contributed by atoms with E-state index in [0.29, 0.717) is 30.3 Å². The number of aromatic nitrogens is 2. The van der Waals surface area contributed by atoms with E-state index in [1.54, 1.807) is 5.51 Å². The molecule has 0 aliphatic heterocycles. The van der Waals surface area contributed by atoms with Gasteiger partial charge in [-0.25, -0.2) is 9.37 Å². The highest BCUT2D eigenvalue weighted by atomic mass is 35.5. The molecular formula is C17H15ClFN3O2S. The van der Waals surface area contributed by atoms with Gasteiger partial charge in [-0.3, -0.25) is 4.79 Å². The van der Waals surface area contributed by atoms with Crippen molar-refractivity contribution in [2.24, 2.45) is 5.92 Å². The first kappa shape index (κ1) is 16.4. The first-order valence-electron chi connectivity index (χ1n) is 7.83. The molecule has 2 aromatic heterocycles. The predicted octanol–water partition coefficient (Wildman–Crippen LogP) is 3.83. The molecule has 130 valence electrons. The van der Waals surface area contributed by atoms with E-state index in [4.69, 9.17) is 16.3 Å². The highest BCUT2D eigenvalue weighted by Gasteiger charge is 2.43. The first-order chi connectivity index (χ1) is 12.1. The van der Waals surface area contributed by atoms with Crippen molar-refractivity contribution >= 4 is 39.7 Å². The summed E-state index contributed by atoms with van der Waals surface area (Å²) >= 11 is 7.79. The van der Waals surface area contributed by atoms with Gasteiger partial charge in [0.1, 0.15) is 18.5 Å². The number of aromatic amines is 1. The lowest BCUT2D eigenvalue weighted by Gasteiger charge is -2.06. The van der Waals surface area contributed by atoms with Gasteiger partial charge in [-0.1, -0.05) is 11.6 Å². The van der Waals surface area contributed by atoms with Crippen molar-refractivity contribution in [1.82, 2.24) is 15.3 Å². The van der Waals surface area contributed by atoms with Gasteiger partial charge in [-0.05, 0) is 18.6 Å². The van der Waals surface area contributed by atoms with Crippen LogP contribution in [0, 0.1) is 5.92 Å². The second-order valence-corrected chi connectivity index (χ2v) is 7.13. The average molecular weight is 380 g/mol. The number of fused-ring (bicyclic) bond motifs is 1. The number of nitrogens with one attached hydrogen (secondary N) is 2. The molecule has 1 aliphatic rings. The predicted molar refractivity (Wildman–Crippen MR) is 94.6 cm³/mol. The molecule has 1 aliphatic carbocycles.